The molecule has 4 nitrogen and oxygen atoms in total. The van der Waals surface area contributed by atoms with Crippen molar-refractivity contribution >= 4 is 28.2 Å². The molecule has 10 heteroatoms. The van der Waals surface area contributed by atoms with Gasteiger partial charge in [-0.3, -0.25) is 0 Å². The van der Waals surface area contributed by atoms with Crippen LogP contribution in [0.4, 0.5) is 37.7 Å². The fourth-order valence-electron chi connectivity index (χ4n) is 3.00. The van der Waals surface area contributed by atoms with Crippen LogP contribution in [0.3, 0.4) is 0 Å². The minimum absolute atomic E-state index is 0.0140. The summed E-state index contributed by atoms with van der Waals surface area (Å²) in [7, 11) is 2.54. The zero-order valence-electron chi connectivity index (χ0n) is 15.1. The van der Waals surface area contributed by atoms with Gasteiger partial charge in [0.1, 0.15) is 0 Å². The Balaban J connectivity index is 2.23. The number of hydrogen-bond donors (Lipinski definition) is 1. The zero-order valence-corrected chi connectivity index (χ0v) is 15.1. The number of methoxy groups -OCH3 is 1. The van der Waals surface area contributed by atoms with Gasteiger partial charge in [-0.05, 0) is 36.4 Å². The van der Waals surface area contributed by atoms with E-state index in [1.165, 1.54) is 23.7 Å². The predicted octanol–water partition coefficient (Wildman–Crippen LogP) is 5.75. The van der Waals surface area contributed by atoms with E-state index in [9.17, 15) is 31.1 Å². The van der Waals surface area contributed by atoms with Crippen LogP contribution in [0.15, 0.2) is 42.5 Å². The van der Waals surface area contributed by atoms with Gasteiger partial charge in [0.15, 0.2) is 5.69 Å². The molecular formula is C19H14F6N2O2. The van der Waals surface area contributed by atoms with Crippen LogP contribution >= 0.6 is 0 Å². The fourth-order valence-corrected chi connectivity index (χ4v) is 3.00. The molecular weight excluding hydrogens is 402 g/mol. The van der Waals surface area contributed by atoms with E-state index < -0.39 is 29.4 Å². The summed E-state index contributed by atoms with van der Waals surface area (Å²) in [5, 5.41) is 2.67. The number of hydrogen-bond acceptors (Lipinski definition) is 3. The third-order valence-corrected chi connectivity index (χ3v) is 4.36. The number of nitrogens with one attached hydrogen (secondary N) is 1. The lowest BCUT2D eigenvalue weighted by atomic mass is 10.1. The fraction of sp³-hybridized carbons (Fsp3) is 0.211. The van der Waals surface area contributed by atoms with E-state index in [2.05, 4.69) is 5.32 Å². The maximum absolute atomic E-state index is 13.1. The number of anilines is 2. The smallest absolute Gasteiger partial charge is 0.416 e. The van der Waals surface area contributed by atoms with Crippen LogP contribution in [0.1, 0.15) is 21.6 Å². The summed E-state index contributed by atoms with van der Waals surface area (Å²) in [5.74, 6) is -0.855. The van der Waals surface area contributed by atoms with Crippen molar-refractivity contribution in [2.75, 3.05) is 12.4 Å². The third kappa shape index (κ3) is 3.87. The number of halogens is 6. The molecule has 3 rings (SSSR count). The second kappa shape index (κ2) is 7.02. The molecule has 0 aliphatic heterocycles. The highest BCUT2D eigenvalue weighted by Crippen LogP contribution is 2.39. The number of ether oxygens (including phenoxy) is 1. The van der Waals surface area contributed by atoms with Gasteiger partial charge in [-0.25, -0.2) is 4.79 Å². The third-order valence-electron chi connectivity index (χ3n) is 4.36. The van der Waals surface area contributed by atoms with E-state index in [0.29, 0.717) is 0 Å². The van der Waals surface area contributed by atoms with Crippen LogP contribution in [0.5, 0.6) is 0 Å². The van der Waals surface area contributed by atoms with Crippen molar-refractivity contribution in [3.8, 4) is 0 Å². The SMILES string of the molecule is COC(=O)c1c(Nc2cccc(C(F)(F)F)c2)c2cc(C(F)(F)F)ccc2n1C. The van der Waals surface area contributed by atoms with Crippen molar-refractivity contribution < 1.29 is 35.9 Å². The molecule has 0 saturated heterocycles. The molecule has 0 saturated carbocycles. The van der Waals surface area contributed by atoms with Gasteiger partial charge >= 0.3 is 18.3 Å². The second-order valence-corrected chi connectivity index (χ2v) is 6.21. The molecule has 0 bridgehead atoms. The van der Waals surface area contributed by atoms with E-state index >= 15 is 0 Å². The maximum Gasteiger partial charge on any atom is 0.416 e. The summed E-state index contributed by atoms with van der Waals surface area (Å²) in [6, 6.07) is 6.99. The summed E-state index contributed by atoms with van der Waals surface area (Å²) >= 11 is 0. The molecule has 0 atom stereocenters. The number of rotatable bonds is 3. The molecule has 0 radical (unpaired) electrons. The van der Waals surface area contributed by atoms with Crippen molar-refractivity contribution in [2.45, 2.75) is 12.4 Å². The van der Waals surface area contributed by atoms with Crippen molar-refractivity contribution in [3.05, 3.63) is 59.3 Å². The van der Waals surface area contributed by atoms with Crippen LogP contribution in [-0.4, -0.2) is 17.6 Å². The van der Waals surface area contributed by atoms with Gasteiger partial charge in [-0.1, -0.05) is 6.07 Å². The summed E-state index contributed by atoms with van der Waals surface area (Å²) in [6.07, 6.45) is -9.24. The molecule has 1 aromatic heterocycles. The molecule has 1 N–H and O–H groups in total. The zero-order chi connectivity index (χ0) is 21.6. The largest absolute Gasteiger partial charge is 0.464 e. The Labute approximate surface area is 160 Å². The number of carbonyl (C=O) groups is 1. The van der Waals surface area contributed by atoms with Gasteiger partial charge in [0.2, 0.25) is 0 Å². The highest BCUT2D eigenvalue weighted by Gasteiger charge is 2.33. The van der Waals surface area contributed by atoms with Crippen LogP contribution < -0.4 is 5.32 Å². The van der Waals surface area contributed by atoms with Gasteiger partial charge in [-0.2, -0.15) is 26.3 Å². The molecule has 29 heavy (non-hydrogen) atoms. The molecule has 0 spiro atoms. The van der Waals surface area contributed by atoms with Crippen LogP contribution in [0.2, 0.25) is 0 Å². The highest BCUT2D eigenvalue weighted by molar-refractivity contribution is 6.08. The predicted molar refractivity (Wildman–Crippen MR) is 94.0 cm³/mol. The van der Waals surface area contributed by atoms with Gasteiger partial charge in [0.05, 0.1) is 29.4 Å². The molecule has 154 valence electrons. The lowest BCUT2D eigenvalue weighted by molar-refractivity contribution is -0.138. The van der Waals surface area contributed by atoms with Crippen molar-refractivity contribution in [1.29, 1.82) is 0 Å². The molecule has 2 aromatic carbocycles. The average Bonchev–Trinajstić information content (AvgIpc) is 2.91. The first-order chi connectivity index (χ1) is 13.4. The number of esters is 1. The second-order valence-electron chi connectivity index (χ2n) is 6.21. The van der Waals surface area contributed by atoms with Crippen LogP contribution in [0, 0.1) is 0 Å². The van der Waals surface area contributed by atoms with E-state index in [4.69, 9.17) is 4.74 Å². The first-order valence-electron chi connectivity index (χ1n) is 8.15. The Morgan fingerprint density at radius 1 is 0.966 bits per heavy atom. The first-order valence-corrected chi connectivity index (χ1v) is 8.15. The normalized spacial score (nSPS) is 12.3. The monoisotopic (exact) mass is 416 g/mol. The Bertz CT molecular complexity index is 1080. The Morgan fingerprint density at radius 2 is 1.59 bits per heavy atom. The summed E-state index contributed by atoms with van der Waals surface area (Å²) in [5.41, 5.74) is -1.89. The number of aromatic nitrogens is 1. The van der Waals surface area contributed by atoms with Gasteiger partial charge < -0.3 is 14.6 Å². The molecule has 1 heterocycles. The molecule has 0 amide bonds. The first kappa shape index (κ1) is 20.6. The van der Waals surface area contributed by atoms with Crippen molar-refractivity contribution in [1.82, 2.24) is 4.57 Å². The summed E-state index contributed by atoms with van der Waals surface area (Å²) in [6.45, 7) is 0. The number of carbonyl (C=O) groups excluding carboxylic acids is 1. The minimum atomic E-state index is -4.64. The van der Waals surface area contributed by atoms with E-state index in [-0.39, 0.29) is 28.0 Å². The van der Waals surface area contributed by atoms with E-state index in [0.717, 1.165) is 37.4 Å². The number of aryl methyl sites for hydroxylation is 1. The number of benzene rings is 2. The topological polar surface area (TPSA) is 43.3 Å². The lowest BCUT2D eigenvalue weighted by Crippen LogP contribution is -2.10. The molecule has 3 aromatic rings. The lowest BCUT2D eigenvalue weighted by Gasteiger charge is -2.12. The Hall–Kier alpha value is -3.17. The molecule has 0 unspecified atom stereocenters. The standard InChI is InChI=1S/C19H14F6N2O2/c1-27-14-7-6-11(19(23,24)25)9-13(14)15(16(27)17(28)29-2)26-12-5-3-4-10(8-12)18(20,21)22/h3-9,26H,1-2H3. The molecule has 0 aliphatic carbocycles. The van der Waals surface area contributed by atoms with Gasteiger partial charge in [0.25, 0.3) is 0 Å². The average molecular weight is 416 g/mol. The van der Waals surface area contributed by atoms with Gasteiger partial charge in [0, 0.05) is 18.1 Å². The Kier molecular flexibility index (Phi) is 4.97. The van der Waals surface area contributed by atoms with Crippen molar-refractivity contribution in [2.24, 2.45) is 7.05 Å². The number of alkyl halides is 6. The van der Waals surface area contributed by atoms with Gasteiger partial charge in [-0.15, -0.1) is 0 Å². The van der Waals surface area contributed by atoms with E-state index in [1.807, 2.05) is 0 Å². The van der Waals surface area contributed by atoms with Crippen LogP contribution in [0.25, 0.3) is 10.9 Å². The summed E-state index contributed by atoms with van der Waals surface area (Å²) in [4.78, 5) is 12.2. The minimum Gasteiger partial charge on any atom is -0.464 e. The maximum atomic E-state index is 13.1. The highest BCUT2D eigenvalue weighted by atomic mass is 19.4. The van der Waals surface area contributed by atoms with E-state index in [1.54, 1.807) is 0 Å². The Morgan fingerprint density at radius 3 is 2.17 bits per heavy atom. The van der Waals surface area contributed by atoms with Crippen LogP contribution in [-0.2, 0) is 24.1 Å². The number of nitrogens with zero attached hydrogens (tertiary/aromatic N) is 1. The number of fused-ring (bicyclic) bond motifs is 1. The quantitative estimate of drug-likeness (QED) is 0.437. The summed E-state index contributed by atoms with van der Waals surface area (Å²) < 4.78 is 84.4. The molecule has 0 fully saturated rings. The van der Waals surface area contributed by atoms with Crippen molar-refractivity contribution in [3.63, 3.8) is 0 Å². The molecule has 0 aliphatic rings.